The third kappa shape index (κ3) is 8.07. The number of alkyl halides is 3. The zero-order chi connectivity index (χ0) is 32.6. The molecule has 2 heterocycles. The Morgan fingerprint density at radius 1 is 1.07 bits per heavy atom. The van der Waals surface area contributed by atoms with Crippen molar-refractivity contribution in [3.8, 4) is 23.1 Å². The Balaban J connectivity index is 0.00000259. The maximum atomic E-state index is 15.4. The molecule has 0 radical (unpaired) electrons. The predicted molar refractivity (Wildman–Crippen MR) is 168 cm³/mol. The number of benzene rings is 1. The number of halogens is 3. The van der Waals surface area contributed by atoms with E-state index in [9.17, 15) is 8.78 Å². The highest BCUT2D eigenvalue weighted by Gasteiger charge is 2.32. The Morgan fingerprint density at radius 2 is 1.70 bits per heavy atom. The fourth-order valence-electron chi connectivity index (χ4n) is 4.75. The first-order chi connectivity index (χ1) is 21.0. The molecule has 1 aliphatic carbocycles. The van der Waals surface area contributed by atoms with Gasteiger partial charge in [-0.2, -0.15) is 4.98 Å². The first-order valence-corrected chi connectivity index (χ1v) is 15.4. The van der Waals surface area contributed by atoms with Crippen LogP contribution in [0.5, 0.6) is 11.8 Å². The third-order valence-corrected chi connectivity index (χ3v) is 7.88. The van der Waals surface area contributed by atoms with Crippen molar-refractivity contribution in [2.45, 2.75) is 104 Å². The molecule has 1 saturated carbocycles. The maximum Gasteiger partial charge on any atom is 0.270 e. The fourth-order valence-corrected chi connectivity index (χ4v) is 4.75. The van der Waals surface area contributed by atoms with E-state index >= 15 is 4.39 Å². The summed E-state index contributed by atoms with van der Waals surface area (Å²) < 4.78 is 55.3. The molecule has 0 bridgehead atoms. The van der Waals surface area contributed by atoms with E-state index in [1.54, 1.807) is 32.2 Å². The highest BCUT2D eigenvalue weighted by molar-refractivity contribution is 5.66. The molecular weight excluding hydrogens is 567 g/mol. The van der Waals surface area contributed by atoms with E-state index in [1.807, 2.05) is 52.0 Å². The van der Waals surface area contributed by atoms with Gasteiger partial charge in [0.1, 0.15) is 18.1 Å². The summed E-state index contributed by atoms with van der Waals surface area (Å²) in [5.41, 5.74) is 3.68. The number of ether oxygens (including phenoxy) is 2. The van der Waals surface area contributed by atoms with Gasteiger partial charge in [-0.15, -0.1) is 0 Å². The second-order valence-electron chi connectivity index (χ2n) is 10.9. The quantitative estimate of drug-likeness (QED) is 0.191. The van der Waals surface area contributed by atoms with Crippen molar-refractivity contribution < 1.29 is 22.6 Å². The lowest BCUT2D eigenvalue weighted by molar-refractivity contribution is 0.0356. The van der Waals surface area contributed by atoms with Crippen LogP contribution >= 0.6 is 0 Å². The Kier molecular flexibility index (Phi) is 12.1. The van der Waals surface area contributed by atoms with E-state index in [-0.39, 0.29) is 30.3 Å². The van der Waals surface area contributed by atoms with Gasteiger partial charge in [-0.3, -0.25) is 0 Å². The summed E-state index contributed by atoms with van der Waals surface area (Å²) in [6.45, 7) is 12.4. The van der Waals surface area contributed by atoms with Crippen LogP contribution in [0, 0.1) is 6.92 Å². The van der Waals surface area contributed by atoms with E-state index in [4.69, 9.17) is 14.5 Å². The van der Waals surface area contributed by atoms with E-state index < -0.39 is 18.2 Å². The molecular formula is C34H46F3N5O2. The van der Waals surface area contributed by atoms with Gasteiger partial charge < -0.3 is 14.4 Å². The molecule has 4 rings (SSSR count). The molecule has 10 heteroatoms. The molecule has 0 aliphatic heterocycles. The molecule has 1 fully saturated rings. The lowest BCUT2D eigenvalue weighted by atomic mass is 9.99. The lowest BCUT2D eigenvalue weighted by Gasteiger charge is -2.27. The van der Waals surface area contributed by atoms with E-state index in [1.165, 1.54) is 26.4 Å². The largest absolute Gasteiger partial charge is 0.480 e. The van der Waals surface area contributed by atoms with Crippen molar-refractivity contribution in [2.75, 3.05) is 14.2 Å². The summed E-state index contributed by atoms with van der Waals surface area (Å²) in [7, 11) is 3.31. The summed E-state index contributed by atoms with van der Waals surface area (Å²) >= 11 is 0. The Morgan fingerprint density at radius 3 is 2.27 bits per heavy atom. The number of hydrogen-bond donors (Lipinski definition) is 0. The third-order valence-electron chi connectivity index (χ3n) is 7.88. The van der Waals surface area contributed by atoms with Crippen LogP contribution in [-0.4, -0.2) is 51.1 Å². The summed E-state index contributed by atoms with van der Waals surface area (Å²) in [6.07, 6.45) is 4.43. The molecule has 1 aromatic carbocycles. The van der Waals surface area contributed by atoms with Gasteiger partial charge in [0.2, 0.25) is 11.8 Å². The van der Waals surface area contributed by atoms with Crippen molar-refractivity contribution >= 4 is 0 Å². The van der Waals surface area contributed by atoms with E-state index in [0.29, 0.717) is 34.3 Å². The average Bonchev–Trinajstić information content (AvgIpc) is 3.90. The van der Waals surface area contributed by atoms with Gasteiger partial charge in [0.15, 0.2) is 11.9 Å². The number of nitrogens with zero attached hydrogens (tertiary/aromatic N) is 5. The van der Waals surface area contributed by atoms with Crippen LogP contribution < -0.4 is 9.47 Å². The van der Waals surface area contributed by atoms with Crippen molar-refractivity contribution in [1.29, 1.82) is 0 Å². The topological polar surface area (TPSA) is 73.3 Å². The lowest BCUT2D eigenvalue weighted by Crippen LogP contribution is -2.23. The van der Waals surface area contributed by atoms with Crippen LogP contribution in [0.2, 0.25) is 0 Å². The molecule has 0 saturated heterocycles. The van der Waals surface area contributed by atoms with Crippen LogP contribution in [0.25, 0.3) is 11.4 Å². The monoisotopic (exact) mass is 613 g/mol. The van der Waals surface area contributed by atoms with Gasteiger partial charge in [0, 0.05) is 42.9 Å². The normalized spacial score (nSPS) is 15.5. The van der Waals surface area contributed by atoms with Crippen molar-refractivity contribution in [3.05, 3.63) is 70.9 Å². The number of aryl methyl sites for hydroxylation is 1. The van der Waals surface area contributed by atoms with Gasteiger partial charge in [0.05, 0.1) is 18.8 Å². The Hall–Kier alpha value is -3.69. The van der Waals surface area contributed by atoms with Gasteiger partial charge in [-0.25, -0.2) is 28.1 Å². The highest BCUT2D eigenvalue weighted by Crippen LogP contribution is 2.45. The van der Waals surface area contributed by atoms with Gasteiger partial charge in [0.25, 0.3) is 5.92 Å². The highest BCUT2D eigenvalue weighted by atomic mass is 19.3. The first kappa shape index (κ1) is 34.8. The van der Waals surface area contributed by atoms with Crippen LogP contribution in [0.4, 0.5) is 13.2 Å². The molecule has 0 N–H and O–H groups in total. The standard InChI is InChI=1S/C32H40F3N5O2.C2H6/c1-8-25(33)28(24-14-10-22(11-15-24)21(5)40(6)17-20(4)32(34,35)9-2)42-30-19(3)16-36-29(39-30)26-27(23-12-13-23)37-18-38-31(26)41-7;1-2/h10-11,14-18,21,23,25,28H,8-9,12-13H2,1-7H3;1-2H3/b20-17+;/t21?,25?,28-;/m0./s1. The van der Waals surface area contributed by atoms with Crippen LogP contribution in [0.3, 0.4) is 0 Å². The fraction of sp³-hybridized carbons (Fsp3) is 0.529. The number of rotatable bonds is 13. The molecule has 3 atom stereocenters. The first-order valence-electron chi connectivity index (χ1n) is 15.4. The number of allylic oxidation sites excluding steroid dienone is 1. The molecule has 44 heavy (non-hydrogen) atoms. The van der Waals surface area contributed by atoms with Gasteiger partial charge in [-0.05, 0) is 51.2 Å². The van der Waals surface area contributed by atoms with Crippen molar-refractivity contribution in [3.63, 3.8) is 0 Å². The summed E-state index contributed by atoms with van der Waals surface area (Å²) in [5, 5.41) is 0. The molecule has 7 nitrogen and oxygen atoms in total. The Labute approximate surface area is 260 Å². The van der Waals surface area contributed by atoms with Crippen molar-refractivity contribution in [1.82, 2.24) is 24.8 Å². The molecule has 240 valence electrons. The summed E-state index contributed by atoms with van der Waals surface area (Å²) in [5.74, 6) is -1.53. The molecule has 3 aromatic rings. The van der Waals surface area contributed by atoms with Gasteiger partial charge >= 0.3 is 0 Å². The van der Waals surface area contributed by atoms with E-state index in [0.717, 1.165) is 24.1 Å². The summed E-state index contributed by atoms with van der Waals surface area (Å²) in [6, 6.07) is 7.22. The number of methoxy groups -OCH3 is 1. The smallest absolute Gasteiger partial charge is 0.270 e. The average molecular weight is 614 g/mol. The zero-order valence-corrected chi connectivity index (χ0v) is 27.4. The number of aromatic nitrogens is 4. The van der Waals surface area contributed by atoms with Crippen LogP contribution in [-0.2, 0) is 0 Å². The van der Waals surface area contributed by atoms with Gasteiger partial charge in [-0.1, -0.05) is 52.0 Å². The predicted octanol–water partition coefficient (Wildman–Crippen LogP) is 8.96. The minimum atomic E-state index is -2.85. The minimum Gasteiger partial charge on any atom is -0.480 e. The molecule has 2 unspecified atom stereocenters. The molecule has 0 spiro atoms. The second-order valence-corrected chi connectivity index (χ2v) is 10.9. The second kappa shape index (κ2) is 15.3. The maximum absolute atomic E-state index is 15.4. The van der Waals surface area contributed by atoms with Crippen LogP contribution in [0.15, 0.2) is 48.6 Å². The SMILES string of the molecule is CC.CCC(F)[C@@H](Oc1nc(-c2c(OC)ncnc2C2CC2)ncc1C)c1ccc(C(C)N(C)/C=C(\C)C(F)(F)CC)cc1. The Bertz CT molecular complexity index is 1400. The molecule has 1 aliphatic rings. The zero-order valence-electron chi connectivity index (χ0n) is 27.4. The molecule has 0 amide bonds. The van der Waals surface area contributed by atoms with Crippen molar-refractivity contribution in [2.24, 2.45) is 0 Å². The van der Waals surface area contributed by atoms with E-state index in [2.05, 4.69) is 15.0 Å². The van der Waals surface area contributed by atoms with Crippen LogP contribution in [0.1, 0.15) is 108 Å². The summed E-state index contributed by atoms with van der Waals surface area (Å²) in [4.78, 5) is 19.7. The molecule has 2 aromatic heterocycles. The number of hydrogen-bond acceptors (Lipinski definition) is 7. The minimum absolute atomic E-state index is 0.0104.